The summed E-state index contributed by atoms with van der Waals surface area (Å²) in [5.41, 5.74) is 11.7. The number of aliphatic carboxylic acids is 4. The lowest BCUT2D eigenvalue weighted by molar-refractivity contribution is -0.143. The molecule has 0 unspecified atom stereocenters. The number of carbonyl (C=O) groups excluding carboxylic acids is 8. The maximum absolute atomic E-state index is 13.7. The van der Waals surface area contributed by atoms with Crippen LogP contribution in [0.1, 0.15) is 85.1 Å². The Morgan fingerprint density at radius 2 is 0.985 bits per heavy atom. The summed E-state index contributed by atoms with van der Waals surface area (Å²) in [6, 6.07) is -4.32. The van der Waals surface area contributed by atoms with Crippen molar-refractivity contribution in [1.29, 1.82) is 0 Å². The van der Waals surface area contributed by atoms with E-state index in [9.17, 15) is 72.9 Å². The van der Waals surface area contributed by atoms with Gasteiger partial charge in [-0.1, -0.05) is 58.0 Å². The van der Waals surface area contributed by atoms with Crippen LogP contribution < -0.4 is 48.7 Å². The largest absolute Gasteiger partial charge is 0.481 e. The second-order valence-corrected chi connectivity index (χ2v) is 16.2. The molecule has 1 rings (SSSR count). The zero-order chi connectivity index (χ0) is 50.4. The highest BCUT2D eigenvalue weighted by atomic mass is 16.4. The second-order valence-electron chi connectivity index (χ2n) is 16.2. The lowest BCUT2D eigenvalue weighted by atomic mass is 10.00. The summed E-state index contributed by atoms with van der Waals surface area (Å²) in [5.74, 6) is -15.1. The van der Waals surface area contributed by atoms with Crippen LogP contribution in [0.25, 0.3) is 0 Å². The van der Waals surface area contributed by atoms with E-state index in [1.807, 2.05) is 0 Å². The quantitative estimate of drug-likeness (QED) is 0.0362. The number of carbonyl (C=O) groups is 12. The lowest BCUT2D eigenvalue weighted by Crippen LogP contribution is -2.61. The van der Waals surface area contributed by atoms with E-state index in [1.165, 1.54) is 13.8 Å². The van der Waals surface area contributed by atoms with Crippen LogP contribution >= 0.6 is 0 Å². The van der Waals surface area contributed by atoms with Gasteiger partial charge in [0.2, 0.25) is 47.3 Å². The van der Waals surface area contributed by atoms with Gasteiger partial charge in [0.1, 0.15) is 42.3 Å². The van der Waals surface area contributed by atoms with Gasteiger partial charge in [-0.2, -0.15) is 0 Å². The van der Waals surface area contributed by atoms with Gasteiger partial charge in [0.25, 0.3) is 0 Å². The van der Waals surface area contributed by atoms with E-state index in [-0.39, 0.29) is 25.2 Å². The van der Waals surface area contributed by atoms with Crippen molar-refractivity contribution < 1.29 is 78.0 Å². The van der Waals surface area contributed by atoms with Gasteiger partial charge in [-0.3, -0.25) is 52.7 Å². The molecule has 15 N–H and O–H groups in total. The first kappa shape index (κ1) is 56.8. The van der Waals surface area contributed by atoms with Gasteiger partial charge in [-0.15, -0.1) is 0 Å². The number of carboxylic acid groups (broad SMARTS) is 4. The Morgan fingerprint density at radius 3 is 1.50 bits per heavy atom. The normalized spacial score (nSPS) is 14.6. The zero-order valence-electron chi connectivity index (χ0n) is 37.2. The number of amides is 8. The third-order valence-corrected chi connectivity index (χ3v) is 9.57. The summed E-state index contributed by atoms with van der Waals surface area (Å²) in [6.07, 6.45) is -4.02. The minimum absolute atomic E-state index is 0.151. The SMILES string of the molecule is CC(C)C[C@H](NC(=O)[C@H](CC(N)=O)NC(=O)[C@@H](NC(=O)[C@@H](N)CCC(=O)O)C(C)C)C(=O)N[C@@H](CC(=O)O)C(=O)N[C@@H](C)C(=O)N[C@@H](CCC(=O)O)C(=O)N[C@@H](Cc1ccccc1)C(=O)O. The van der Waals surface area contributed by atoms with Crippen LogP contribution in [0.15, 0.2) is 30.3 Å². The van der Waals surface area contributed by atoms with Gasteiger partial charge < -0.3 is 69.1 Å². The molecular formula is C41H61N9O16. The molecule has 0 spiro atoms. The van der Waals surface area contributed by atoms with Crippen molar-refractivity contribution in [1.82, 2.24) is 37.2 Å². The van der Waals surface area contributed by atoms with Crippen LogP contribution in [0.5, 0.6) is 0 Å². The number of primary amides is 1. The Bertz CT molecular complexity index is 1930. The highest BCUT2D eigenvalue weighted by Gasteiger charge is 2.35. The number of carboxylic acids is 4. The fourth-order valence-electron chi connectivity index (χ4n) is 6.04. The number of hydrogen-bond donors (Lipinski definition) is 13. The van der Waals surface area contributed by atoms with Crippen molar-refractivity contribution in [2.24, 2.45) is 23.3 Å². The van der Waals surface area contributed by atoms with E-state index in [0.717, 1.165) is 6.92 Å². The zero-order valence-corrected chi connectivity index (χ0v) is 37.2. The van der Waals surface area contributed by atoms with E-state index in [0.29, 0.717) is 5.56 Å². The van der Waals surface area contributed by atoms with Crippen molar-refractivity contribution in [2.75, 3.05) is 0 Å². The minimum Gasteiger partial charge on any atom is -0.481 e. The Morgan fingerprint density at radius 1 is 0.515 bits per heavy atom. The van der Waals surface area contributed by atoms with E-state index in [2.05, 4.69) is 37.2 Å². The van der Waals surface area contributed by atoms with Gasteiger partial charge in [0.15, 0.2) is 0 Å². The van der Waals surface area contributed by atoms with Crippen molar-refractivity contribution in [3.05, 3.63) is 35.9 Å². The van der Waals surface area contributed by atoms with Crippen LogP contribution in [0, 0.1) is 11.8 Å². The summed E-state index contributed by atoms with van der Waals surface area (Å²) in [6.45, 7) is 7.46. The Labute approximate surface area is 379 Å². The molecule has 0 aliphatic heterocycles. The molecule has 1 aromatic rings. The molecule has 25 nitrogen and oxygen atoms in total. The van der Waals surface area contributed by atoms with Crippen molar-refractivity contribution in [3.63, 3.8) is 0 Å². The molecule has 0 saturated carbocycles. The predicted molar refractivity (Wildman–Crippen MR) is 229 cm³/mol. The Balaban J connectivity index is 3.25. The molecule has 0 saturated heterocycles. The van der Waals surface area contributed by atoms with Crippen molar-refractivity contribution in [3.8, 4) is 0 Å². The van der Waals surface area contributed by atoms with Gasteiger partial charge in [0.05, 0.1) is 18.9 Å². The first-order valence-electron chi connectivity index (χ1n) is 20.8. The van der Waals surface area contributed by atoms with Crippen LogP contribution in [0.2, 0.25) is 0 Å². The molecule has 0 fully saturated rings. The van der Waals surface area contributed by atoms with Gasteiger partial charge >= 0.3 is 23.9 Å². The highest BCUT2D eigenvalue weighted by molar-refractivity contribution is 5.99. The fourth-order valence-corrected chi connectivity index (χ4v) is 6.04. The molecule has 0 radical (unpaired) electrons. The number of hydrogen-bond acceptors (Lipinski definition) is 13. The van der Waals surface area contributed by atoms with E-state index >= 15 is 0 Å². The predicted octanol–water partition coefficient (Wildman–Crippen LogP) is -3.16. The number of rotatable bonds is 30. The van der Waals surface area contributed by atoms with Crippen molar-refractivity contribution in [2.45, 2.75) is 134 Å². The first-order valence-corrected chi connectivity index (χ1v) is 20.8. The third-order valence-electron chi connectivity index (χ3n) is 9.57. The highest BCUT2D eigenvalue weighted by Crippen LogP contribution is 2.11. The van der Waals surface area contributed by atoms with Crippen LogP contribution in [-0.4, -0.2) is 140 Å². The fraction of sp³-hybridized carbons (Fsp3) is 0.561. The summed E-state index contributed by atoms with van der Waals surface area (Å²) < 4.78 is 0. The minimum atomic E-state index is -1.91. The Hall–Kier alpha value is -7.18. The molecule has 366 valence electrons. The monoisotopic (exact) mass is 935 g/mol. The van der Waals surface area contributed by atoms with Crippen molar-refractivity contribution >= 4 is 71.1 Å². The molecule has 0 bridgehead atoms. The number of nitrogens with one attached hydrogen (secondary N) is 7. The van der Waals surface area contributed by atoms with Crippen LogP contribution in [0.4, 0.5) is 0 Å². The molecular weight excluding hydrogens is 874 g/mol. The maximum atomic E-state index is 13.7. The first-order chi connectivity index (χ1) is 30.7. The topological polar surface area (TPSA) is 422 Å². The summed E-state index contributed by atoms with van der Waals surface area (Å²) >= 11 is 0. The molecule has 0 aliphatic carbocycles. The van der Waals surface area contributed by atoms with Gasteiger partial charge in [0, 0.05) is 19.3 Å². The standard InChI is InChI=1S/C41H61N9O16/c1-19(2)15-25(46-39(63)26(17-29(43)51)48-40(64)33(20(3)4)50-35(59)23(42)11-13-30(52)53)38(62)47-27(18-32(56)57)37(61)44-21(5)34(58)45-24(12-14-31(54)55)36(60)49-28(41(65)66)16-22-9-7-6-8-10-22/h6-10,19-21,23-28,33H,11-18,42H2,1-5H3,(H2,43,51)(H,44,61)(H,45,58)(H,46,63)(H,47,62)(H,48,64)(H,49,60)(H,50,59)(H,52,53)(H,54,55)(H,56,57)(H,65,66)/t21-,23-,24-,25-,26-,27-,28-,33-/m0/s1. The third kappa shape index (κ3) is 21.5. The second kappa shape index (κ2) is 27.9. The molecule has 0 aliphatic rings. The molecule has 0 heterocycles. The molecule has 0 aromatic heterocycles. The van der Waals surface area contributed by atoms with Gasteiger partial charge in [-0.25, -0.2) is 4.79 Å². The smallest absolute Gasteiger partial charge is 0.326 e. The van der Waals surface area contributed by atoms with E-state index in [4.69, 9.17) is 16.6 Å². The molecule has 8 atom stereocenters. The van der Waals surface area contributed by atoms with E-state index in [1.54, 1.807) is 44.2 Å². The average Bonchev–Trinajstić information content (AvgIpc) is 3.21. The molecule has 1 aromatic carbocycles. The molecule has 8 amide bonds. The van der Waals surface area contributed by atoms with E-state index < -0.39 is 157 Å². The Kier molecular flexibility index (Phi) is 24.0. The van der Waals surface area contributed by atoms with Gasteiger partial charge in [-0.05, 0) is 43.6 Å². The number of nitrogens with two attached hydrogens (primary N) is 2. The van der Waals surface area contributed by atoms with Crippen LogP contribution in [-0.2, 0) is 64.0 Å². The summed E-state index contributed by atoms with van der Waals surface area (Å²) in [7, 11) is 0. The molecule has 66 heavy (non-hydrogen) atoms. The summed E-state index contributed by atoms with van der Waals surface area (Å²) in [4.78, 5) is 151. The maximum Gasteiger partial charge on any atom is 0.326 e. The molecule has 25 heteroatoms. The summed E-state index contributed by atoms with van der Waals surface area (Å²) in [5, 5.41) is 53.5. The lowest BCUT2D eigenvalue weighted by Gasteiger charge is -2.28. The van der Waals surface area contributed by atoms with Crippen LogP contribution in [0.3, 0.4) is 0 Å². The average molecular weight is 936 g/mol. The number of benzene rings is 1.